The van der Waals surface area contributed by atoms with Gasteiger partial charge in [0.05, 0.1) is 0 Å². The first kappa shape index (κ1) is 16.3. The van der Waals surface area contributed by atoms with Crippen LogP contribution in [0.5, 0.6) is 0 Å². The molecule has 0 aliphatic rings. The van der Waals surface area contributed by atoms with Crippen LogP contribution in [0, 0.1) is 0 Å². The zero-order valence-corrected chi connectivity index (χ0v) is 13.3. The van der Waals surface area contributed by atoms with Crippen LogP contribution in [0.15, 0.2) is 48.5 Å². The first-order valence-corrected chi connectivity index (χ1v) is 7.26. The number of nitrogens with one attached hydrogen (secondary N) is 1. The Hall–Kier alpha value is -2.10. The third-order valence-corrected chi connectivity index (χ3v) is 3.51. The number of anilines is 1. The highest BCUT2D eigenvalue weighted by Crippen LogP contribution is 2.21. The Balaban J connectivity index is 2.04. The Bertz CT molecular complexity index is 737. The van der Waals surface area contributed by atoms with Crippen LogP contribution in [0.4, 0.5) is 5.69 Å². The minimum atomic E-state index is -0.299. The van der Waals surface area contributed by atoms with Crippen molar-refractivity contribution in [1.82, 2.24) is 0 Å². The average Bonchev–Trinajstić information content (AvgIpc) is 2.49. The lowest BCUT2D eigenvalue weighted by Gasteiger charge is -2.03. The van der Waals surface area contributed by atoms with Crippen molar-refractivity contribution in [2.45, 2.75) is 6.92 Å². The number of hydrogen-bond acceptors (Lipinski definition) is 2. The van der Waals surface area contributed by atoms with E-state index >= 15 is 0 Å². The third-order valence-electron chi connectivity index (χ3n) is 2.93. The van der Waals surface area contributed by atoms with Gasteiger partial charge in [-0.1, -0.05) is 23.2 Å². The molecule has 0 fully saturated rings. The molecule has 1 N–H and O–H groups in total. The first-order valence-electron chi connectivity index (χ1n) is 6.51. The molecule has 0 saturated carbocycles. The highest BCUT2D eigenvalue weighted by Gasteiger charge is 2.02. The molecule has 3 nitrogen and oxygen atoms in total. The lowest BCUT2D eigenvalue weighted by atomic mass is 10.1. The number of carbonyl (C=O) groups excluding carboxylic acids is 2. The Labute approximate surface area is 138 Å². The minimum absolute atomic E-state index is 0.0200. The monoisotopic (exact) mass is 333 g/mol. The number of halogens is 2. The first-order chi connectivity index (χ1) is 10.5. The smallest absolute Gasteiger partial charge is 0.248 e. The molecule has 112 valence electrons. The number of hydrogen-bond donors (Lipinski definition) is 1. The topological polar surface area (TPSA) is 46.2 Å². The van der Waals surface area contributed by atoms with Crippen LogP contribution in [0.2, 0.25) is 10.0 Å². The van der Waals surface area contributed by atoms with Crippen LogP contribution in [-0.2, 0) is 4.79 Å². The Morgan fingerprint density at radius 3 is 2.36 bits per heavy atom. The van der Waals surface area contributed by atoms with Crippen molar-refractivity contribution in [2.75, 3.05) is 5.32 Å². The number of amides is 1. The molecule has 0 spiro atoms. The van der Waals surface area contributed by atoms with Crippen molar-refractivity contribution < 1.29 is 9.59 Å². The molecule has 0 aromatic heterocycles. The van der Waals surface area contributed by atoms with E-state index in [1.54, 1.807) is 48.5 Å². The molecular weight excluding hydrogens is 321 g/mol. The van der Waals surface area contributed by atoms with E-state index < -0.39 is 0 Å². The molecule has 5 heteroatoms. The summed E-state index contributed by atoms with van der Waals surface area (Å²) < 4.78 is 0. The zero-order chi connectivity index (χ0) is 16.1. The Morgan fingerprint density at radius 2 is 1.73 bits per heavy atom. The number of rotatable bonds is 4. The fourth-order valence-electron chi connectivity index (χ4n) is 1.78. The standard InChI is InChI=1S/C17H13Cl2NO2/c1-11(21)12-2-6-15(7-3-12)20-17(22)9-4-13-10-14(18)5-8-16(13)19/h2-10H,1H3,(H,20,22)/b9-4+. The van der Waals surface area contributed by atoms with Crippen LogP contribution in [0.1, 0.15) is 22.8 Å². The number of carbonyl (C=O) groups is 2. The van der Waals surface area contributed by atoms with E-state index in [2.05, 4.69) is 5.32 Å². The van der Waals surface area contributed by atoms with Crippen LogP contribution < -0.4 is 5.32 Å². The van der Waals surface area contributed by atoms with Crippen molar-refractivity contribution in [3.63, 3.8) is 0 Å². The Morgan fingerprint density at radius 1 is 1.05 bits per heavy atom. The predicted octanol–water partition coefficient (Wildman–Crippen LogP) is 4.85. The normalized spacial score (nSPS) is 10.7. The Kier molecular flexibility index (Phi) is 5.36. The van der Waals surface area contributed by atoms with Gasteiger partial charge in [0.1, 0.15) is 0 Å². The van der Waals surface area contributed by atoms with Gasteiger partial charge in [0, 0.05) is 27.4 Å². The summed E-state index contributed by atoms with van der Waals surface area (Å²) in [5, 5.41) is 3.76. The van der Waals surface area contributed by atoms with Crippen LogP contribution in [-0.4, -0.2) is 11.7 Å². The van der Waals surface area contributed by atoms with Gasteiger partial charge in [-0.3, -0.25) is 9.59 Å². The molecular formula is C17H13Cl2NO2. The van der Waals surface area contributed by atoms with Crippen molar-refractivity contribution in [1.29, 1.82) is 0 Å². The molecule has 2 aromatic rings. The van der Waals surface area contributed by atoms with E-state index in [0.29, 0.717) is 26.9 Å². The van der Waals surface area contributed by atoms with Crippen LogP contribution in [0.25, 0.3) is 6.08 Å². The summed E-state index contributed by atoms with van der Waals surface area (Å²) in [5.41, 5.74) is 1.87. The molecule has 2 rings (SSSR count). The van der Waals surface area contributed by atoms with Gasteiger partial charge >= 0.3 is 0 Å². The second-order valence-corrected chi connectivity index (χ2v) is 5.47. The summed E-state index contributed by atoms with van der Waals surface area (Å²) in [6.07, 6.45) is 2.96. The maximum absolute atomic E-state index is 11.9. The summed E-state index contributed by atoms with van der Waals surface area (Å²) in [6.45, 7) is 1.49. The molecule has 22 heavy (non-hydrogen) atoms. The molecule has 0 heterocycles. The van der Waals surface area contributed by atoms with E-state index in [1.165, 1.54) is 13.0 Å². The van der Waals surface area contributed by atoms with E-state index in [9.17, 15) is 9.59 Å². The van der Waals surface area contributed by atoms with E-state index in [1.807, 2.05) is 0 Å². The van der Waals surface area contributed by atoms with Crippen molar-refractivity contribution >= 4 is 46.7 Å². The van der Waals surface area contributed by atoms with Gasteiger partial charge in [-0.25, -0.2) is 0 Å². The quantitative estimate of drug-likeness (QED) is 0.642. The maximum Gasteiger partial charge on any atom is 0.248 e. The van der Waals surface area contributed by atoms with Crippen LogP contribution >= 0.6 is 23.2 Å². The SMILES string of the molecule is CC(=O)c1ccc(NC(=O)/C=C/c2cc(Cl)ccc2Cl)cc1. The number of Topliss-reactive ketones (excluding diaryl/α,β-unsaturated/α-hetero) is 1. The van der Waals surface area contributed by atoms with E-state index in [-0.39, 0.29) is 11.7 Å². The molecule has 0 aliphatic carbocycles. The molecule has 2 aromatic carbocycles. The molecule has 0 bridgehead atoms. The van der Waals surface area contributed by atoms with E-state index in [0.717, 1.165) is 0 Å². The molecule has 0 radical (unpaired) electrons. The summed E-state index contributed by atoms with van der Waals surface area (Å²) in [7, 11) is 0. The molecule has 0 unspecified atom stereocenters. The molecule has 0 saturated heterocycles. The second kappa shape index (κ2) is 7.25. The predicted molar refractivity (Wildman–Crippen MR) is 90.6 cm³/mol. The molecule has 0 atom stereocenters. The fourth-order valence-corrected chi connectivity index (χ4v) is 2.14. The fraction of sp³-hybridized carbons (Fsp3) is 0.0588. The van der Waals surface area contributed by atoms with Gasteiger partial charge in [-0.05, 0) is 61.0 Å². The zero-order valence-electron chi connectivity index (χ0n) is 11.8. The molecule has 0 aliphatic heterocycles. The number of ketones is 1. The van der Waals surface area contributed by atoms with Crippen molar-refractivity contribution in [3.05, 3.63) is 69.7 Å². The summed E-state index contributed by atoms with van der Waals surface area (Å²) in [5.74, 6) is -0.319. The maximum atomic E-state index is 11.9. The highest BCUT2D eigenvalue weighted by molar-refractivity contribution is 6.34. The van der Waals surface area contributed by atoms with Gasteiger partial charge in [0.15, 0.2) is 5.78 Å². The molecule has 1 amide bonds. The third kappa shape index (κ3) is 4.45. The average molecular weight is 334 g/mol. The summed E-state index contributed by atoms with van der Waals surface area (Å²) in [6, 6.07) is 11.7. The number of benzene rings is 2. The lowest BCUT2D eigenvalue weighted by Crippen LogP contribution is -2.07. The second-order valence-electron chi connectivity index (χ2n) is 4.62. The van der Waals surface area contributed by atoms with E-state index in [4.69, 9.17) is 23.2 Å². The van der Waals surface area contributed by atoms with Crippen molar-refractivity contribution in [3.8, 4) is 0 Å². The van der Waals surface area contributed by atoms with Crippen LogP contribution in [0.3, 0.4) is 0 Å². The van der Waals surface area contributed by atoms with Gasteiger partial charge in [-0.2, -0.15) is 0 Å². The summed E-state index contributed by atoms with van der Waals surface area (Å²) in [4.78, 5) is 23.0. The van der Waals surface area contributed by atoms with Gasteiger partial charge < -0.3 is 5.32 Å². The van der Waals surface area contributed by atoms with Crippen molar-refractivity contribution in [2.24, 2.45) is 0 Å². The van der Waals surface area contributed by atoms with Gasteiger partial charge in [-0.15, -0.1) is 0 Å². The van der Waals surface area contributed by atoms with Gasteiger partial charge in [0.2, 0.25) is 5.91 Å². The highest BCUT2D eigenvalue weighted by atomic mass is 35.5. The summed E-state index contributed by atoms with van der Waals surface area (Å²) >= 11 is 11.9. The van der Waals surface area contributed by atoms with Gasteiger partial charge in [0.25, 0.3) is 0 Å². The lowest BCUT2D eigenvalue weighted by molar-refractivity contribution is -0.111. The largest absolute Gasteiger partial charge is 0.323 e. The minimum Gasteiger partial charge on any atom is -0.323 e.